The molecule has 0 bridgehead atoms. The summed E-state index contributed by atoms with van der Waals surface area (Å²) < 4.78 is 0. The van der Waals surface area contributed by atoms with E-state index in [1.165, 1.54) is 6.42 Å². The van der Waals surface area contributed by atoms with Crippen molar-refractivity contribution >= 4 is 5.97 Å². The SMILES string of the molecule is CCCC(=O)ON1CCCCC1.[H-].[Na+]. The van der Waals surface area contributed by atoms with Crippen LogP contribution in [0.4, 0.5) is 0 Å². The fourth-order valence-corrected chi connectivity index (χ4v) is 1.35. The molecule has 1 heterocycles. The molecule has 1 aliphatic rings. The summed E-state index contributed by atoms with van der Waals surface area (Å²) in [6.07, 6.45) is 4.98. The molecule has 1 saturated heterocycles. The summed E-state index contributed by atoms with van der Waals surface area (Å²) in [6.45, 7) is 3.81. The Morgan fingerprint density at radius 3 is 2.54 bits per heavy atom. The van der Waals surface area contributed by atoms with Gasteiger partial charge in [-0.05, 0) is 19.3 Å². The van der Waals surface area contributed by atoms with Crippen molar-refractivity contribution in [1.29, 1.82) is 0 Å². The molecule has 0 amide bonds. The predicted molar refractivity (Wildman–Crippen MR) is 47.5 cm³/mol. The van der Waals surface area contributed by atoms with E-state index < -0.39 is 0 Å². The third-order valence-electron chi connectivity index (χ3n) is 2.00. The second-order valence-corrected chi connectivity index (χ2v) is 3.20. The van der Waals surface area contributed by atoms with Crippen molar-refractivity contribution in [3.8, 4) is 0 Å². The second kappa shape index (κ2) is 7.80. The number of nitrogens with zero attached hydrogens (tertiary/aromatic N) is 1. The molecule has 72 valence electrons. The largest absolute Gasteiger partial charge is 1.00 e. The molecule has 4 heteroatoms. The van der Waals surface area contributed by atoms with Gasteiger partial charge in [0.05, 0.1) is 0 Å². The Kier molecular flexibility index (Phi) is 8.06. The third-order valence-corrected chi connectivity index (χ3v) is 2.00. The molecule has 0 atom stereocenters. The van der Waals surface area contributed by atoms with Crippen LogP contribution in [0.25, 0.3) is 0 Å². The zero-order chi connectivity index (χ0) is 8.81. The van der Waals surface area contributed by atoms with E-state index in [4.69, 9.17) is 4.84 Å². The smallest absolute Gasteiger partial charge is 1.00 e. The van der Waals surface area contributed by atoms with Crippen LogP contribution in [0.5, 0.6) is 0 Å². The first kappa shape index (κ1) is 13.4. The molecule has 0 aliphatic carbocycles. The summed E-state index contributed by atoms with van der Waals surface area (Å²) >= 11 is 0. The van der Waals surface area contributed by atoms with Crippen LogP contribution in [0, 0.1) is 0 Å². The van der Waals surface area contributed by atoms with Gasteiger partial charge in [-0.3, -0.25) is 4.79 Å². The maximum atomic E-state index is 11.0. The van der Waals surface area contributed by atoms with Crippen molar-refractivity contribution in [2.24, 2.45) is 0 Å². The summed E-state index contributed by atoms with van der Waals surface area (Å²) in [5, 5.41) is 1.79. The summed E-state index contributed by atoms with van der Waals surface area (Å²) in [6, 6.07) is 0. The maximum Gasteiger partial charge on any atom is 1.00 e. The van der Waals surface area contributed by atoms with E-state index in [2.05, 4.69) is 0 Å². The number of carbonyl (C=O) groups excluding carboxylic acids is 1. The van der Waals surface area contributed by atoms with Crippen LogP contribution in [0.2, 0.25) is 0 Å². The van der Waals surface area contributed by atoms with Crippen LogP contribution < -0.4 is 29.6 Å². The molecular weight excluding hydrogens is 177 g/mol. The quantitative estimate of drug-likeness (QED) is 0.532. The molecule has 1 rings (SSSR count). The first-order chi connectivity index (χ1) is 5.83. The van der Waals surface area contributed by atoms with Gasteiger partial charge in [0.15, 0.2) is 0 Å². The Balaban J connectivity index is 0. The van der Waals surface area contributed by atoms with E-state index >= 15 is 0 Å². The summed E-state index contributed by atoms with van der Waals surface area (Å²) in [7, 11) is 0. The topological polar surface area (TPSA) is 29.5 Å². The molecule has 13 heavy (non-hydrogen) atoms. The van der Waals surface area contributed by atoms with Gasteiger partial charge in [0.2, 0.25) is 0 Å². The minimum Gasteiger partial charge on any atom is -1.00 e. The summed E-state index contributed by atoms with van der Waals surface area (Å²) in [4.78, 5) is 16.2. The molecule has 0 saturated carbocycles. The zero-order valence-electron chi connectivity index (χ0n) is 9.71. The van der Waals surface area contributed by atoms with Gasteiger partial charge in [-0.25, -0.2) is 0 Å². The number of hydrogen-bond donors (Lipinski definition) is 0. The third kappa shape index (κ3) is 5.68. The Hall–Kier alpha value is 0.430. The standard InChI is InChI=1S/C9H17NO2.Na.H/c1-2-6-9(11)12-10-7-4-3-5-8-10;;/h2-8H2,1H3;;/q;+1;-1. The van der Waals surface area contributed by atoms with Gasteiger partial charge < -0.3 is 6.26 Å². The van der Waals surface area contributed by atoms with Gasteiger partial charge in [-0.1, -0.05) is 13.3 Å². The number of rotatable bonds is 3. The van der Waals surface area contributed by atoms with E-state index in [0.29, 0.717) is 6.42 Å². The van der Waals surface area contributed by atoms with Crippen LogP contribution >= 0.6 is 0 Å². The fourth-order valence-electron chi connectivity index (χ4n) is 1.35. The summed E-state index contributed by atoms with van der Waals surface area (Å²) in [5.41, 5.74) is 0. The van der Waals surface area contributed by atoms with Gasteiger partial charge in [-0.15, -0.1) is 5.06 Å². The first-order valence-corrected chi connectivity index (χ1v) is 4.78. The van der Waals surface area contributed by atoms with Gasteiger partial charge >= 0.3 is 35.5 Å². The molecular formula is C9H18NNaO2. The maximum absolute atomic E-state index is 11.0. The molecule has 3 nitrogen and oxygen atoms in total. The minimum atomic E-state index is -0.0839. The van der Waals surface area contributed by atoms with Gasteiger partial charge in [0.25, 0.3) is 0 Å². The number of hydrogen-bond acceptors (Lipinski definition) is 3. The molecule has 1 fully saturated rings. The second-order valence-electron chi connectivity index (χ2n) is 3.20. The Morgan fingerprint density at radius 2 is 2.00 bits per heavy atom. The minimum absolute atomic E-state index is 0. The van der Waals surface area contributed by atoms with E-state index in [-0.39, 0.29) is 37.0 Å². The van der Waals surface area contributed by atoms with Crippen molar-refractivity contribution in [2.45, 2.75) is 39.0 Å². The molecule has 0 radical (unpaired) electrons. The van der Waals surface area contributed by atoms with Crippen molar-refractivity contribution in [1.82, 2.24) is 5.06 Å². The molecule has 0 aromatic carbocycles. The Morgan fingerprint density at radius 1 is 1.38 bits per heavy atom. The Labute approximate surface area is 104 Å². The molecule has 0 unspecified atom stereocenters. The van der Waals surface area contributed by atoms with Crippen molar-refractivity contribution in [3.63, 3.8) is 0 Å². The molecule has 0 aromatic heterocycles. The van der Waals surface area contributed by atoms with Crippen molar-refractivity contribution < 1.29 is 40.6 Å². The number of hydroxylamine groups is 2. The first-order valence-electron chi connectivity index (χ1n) is 4.78. The average Bonchev–Trinajstić information content (AvgIpc) is 2.06. The molecule has 0 spiro atoms. The normalized spacial score (nSPS) is 17.6. The predicted octanol–water partition coefficient (Wildman–Crippen LogP) is -1.15. The molecule has 0 N–H and O–H groups in total. The van der Waals surface area contributed by atoms with Crippen molar-refractivity contribution in [3.05, 3.63) is 0 Å². The fraction of sp³-hybridized carbons (Fsp3) is 0.889. The van der Waals surface area contributed by atoms with E-state index in [9.17, 15) is 4.79 Å². The van der Waals surface area contributed by atoms with Crippen LogP contribution in [-0.4, -0.2) is 24.1 Å². The van der Waals surface area contributed by atoms with Gasteiger partial charge in [0.1, 0.15) is 0 Å². The molecule has 0 aromatic rings. The zero-order valence-corrected chi connectivity index (χ0v) is 10.7. The Bertz CT molecular complexity index is 152. The van der Waals surface area contributed by atoms with E-state index in [1.807, 2.05) is 6.92 Å². The monoisotopic (exact) mass is 195 g/mol. The van der Waals surface area contributed by atoms with Crippen LogP contribution in [0.15, 0.2) is 0 Å². The van der Waals surface area contributed by atoms with Crippen LogP contribution in [0.1, 0.15) is 40.5 Å². The van der Waals surface area contributed by atoms with E-state index in [1.54, 1.807) is 5.06 Å². The summed E-state index contributed by atoms with van der Waals surface area (Å²) in [5.74, 6) is -0.0839. The van der Waals surface area contributed by atoms with Crippen LogP contribution in [0.3, 0.4) is 0 Å². The van der Waals surface area contributed by atoms with Crippen LogP contribution in [-0.2, 0) is 9.63 Å². The van der Waals surface area contributed by atoms with Crippen molar-refractivity contribution in [2.75, 3.05) is 13.1 Å². The van der Waals surface area contributed by atoms with Gasteiger partial charge in [-0.2, -0.15) is 0 Å². The number of carbonyl (C=O) groups is 1. The van der Waals surface area contributed by atoms with Gasteiger partial charge in [0, 0.05) is 19.5 Å². The number of piperidine rings is 1. The molecule has 1 aliphatic heterocycles. The van der Waals surface area contributed by atoms with E-state index in [0.717, 1.165) is 32.4 Å². The average molecular weight is 195 g/mol.